The fraction of sp³-hybridized carbons (Fsp3) is 0.333. The van der Waals surface area contributed by atoms with Gasteiger partial charge >= 0.3 is 5.69 Å². The number of rotatable bonds is 9. The van der Waals surface area contributed by atoms with Crippen LogP contribution < -0.4 is 20.5 Å². The number of aromatic amines is 1. The topological polar surface area (TPSA) is 94.6 Å². The molecule has 2 aromatic carbocycles. The van der Waals surface area contributed by atoms with Gasteiger partial charge in [0.15, 0.2) is 11.5 Å². The summed E-state index contributed by atoms with van der Waals surface area (Å²) >= 11 is 0. The van der Waals surface area contributed by atoms with Crippen molar-refractivity contribution in [2.24, 2.45) is 0 Å². The minimum Gasteiger partial charge on any atom is -0.493 e. The van der Waals surface area contributed by atoms with Crippen LogP contribution in [0.5, 0.6) is 11.5 Å². The van der Waals surface area contributed by atoms with E-state index in [0.717, 1.165) is 11.1 Å². The summed E-state index contributed by atoms with van der Waals surface area (Å²) in [4.78, 5) is 27.4. The molecule has 0 radical (unpaired) electrons. The minimum absolute atomic E-state index is 0.196. The van der Waals surface area contributed by atoms with E-state index >= 15 is 0 Å². The Kier molecular flexibility index (Phi) is 6.56. The lowest BCUT2D eigenvalue weighted by atomic mass is 10.1. The van der Waals surface area contributed by atoms with Gasteiger partial charge in [0.1, 0.15) is 0 Å². The third kappa shape index (κ3) is 4.60. The number of hydrogen-bond donors (Lipinski definition) is 2. The van der Waals surface area contributed by atoms with E-state index in [-0.39, 0.29) is 11.6 Å². The van der Waals surface area contributed by atoms with E-state index in [1.807, 2.05) is 18.2 Å². The molecule has 1 aromatic heterocycles. The molecular formula is C21H25N3O5. The summed E-state index contributed by atoms with van der Waals surface area (Å²) in [5, 5.41) is 2.90. The van der Waals surface area contributed by atoms with Crippen LogP contribution in [0, 0.1) is 0 Å². The maximum absolute atomic E-state index is 12.5. The molecule has 154 valence electrons. The molecule has 0 atom stereocenters. The van der Waals surface area contributed by atoms with Crippen LogP contribution in [0.1, 0.15) is 15.9 Å². The number of carbonyl (C=O) groups is 1. The maximum Gasteiger partial charge on any atom is 0.326 e. The Morgan fingerprint density at radius 1 is 1.07 bits per heavy atom. The molecule has 0 aliphatic rings. The molecule has 0 fully saturated rings. The van der Waals surface area contributed by atoms with Crippen LogP contribution in [-0.2, 0) is 17.7 Å². The first-order valence-electron chi connectivity index (χ1n) is 9.28. The molecule has 8 nitrogen and oxygen atoms in total. The van der Waals surface area contributed by atoms with E-state index in [4.69, 9.17) is 14.2 Å². The molecule has 0 bridgehead atoms. The number of carbonyl (C=O) groups excluding carboxylic acids is 1. The van der Waals surface area contributed by atoms with Crippen LogP contribution >= 0.6 is 0 Å². The number of hydrogen-bond acceptors (Lipinski definition) is 5. The number of aromatic nitrogens is 2. The molecule has 3 aromatic rings. The highest BCUT2D eigenvalue weighted by molar-refractivity contribution is 5.97. The summed E-state index contributed by atoms with van der Waals surface area (Å²) in [7, 11) is 4.77. The summed E-state index contributed by atoms with van der Waals surface area (Å²) in [6.45, 7) is 1.36. The van der Waals surface area contributed by atoms with Crippen LogP contribution in [-0.4, -0.2) is 49.9 Å². The molecular weight excluding hydrogens is 374 g/mol. The standard InChI is InChI=1S/C21H25N3O5/c1-27-11-10-24-17-6-5-15(13-16(17)23-21(24)26)20(25)22-9-8-14-4-7-18(28-2)19(12-14)29-3/h4-7,12-13H,8-11H2,1-3H3,(H,22,25)(H,23,26). The van der Waals surface area contributed by atoms with Gasteiger partial charge in [0.2, 0.25) is 0 Å². The van der Waals surface area contributed by atoms with Gasteiger partial charge in [0, 0.05) is 19.2 Å². The van der Waals surface area contributed by atoms with Crippen molar-refractivity contribution in [3.63, 3.8) is 0 Å². The van der Waals surface area contributed by atoms with E-state index in [1.54, 1.807) is 44.1 Å². The van der Waals surface area contributed by atoms with Crippen LogP contribution in [0.25, 0.3) is 11.0 Å². The Morgan fingerprint density at radius 2 is 1.86 bits per heavy atom. The molecule has 2 N–H and O–H groups in total. The Balaban J connectivity index is 1.65. The second-order valence-electron chi connectivity index (χ2n) is 6.50. The lowest BCUT2D eigenvalue weighted by Gasteiger charge is -2.10. The summed E-state index contributed by atoms with van der Waals surface area (Å²) in [5.41, 5.74) is 2.67. The average molecular weight is 399 g/mol. The third-order valence-electron chi connectivity index (χ3n) is 4.70. The number of nitrogens with zero attached hydrogens (tertiary/aromatic N) is 1. The fourth-order valence-electron chi connectivity index (χ4n) is 3.17. The van der Waals surface area contributed by atoms with E-state index in [0.29, 0.717) is 48.7 Å². The van der Waals surface area contributed by atoms with Crippen LogP contribution in [0.2, 0.25) is 0 Å². The zero-order valence-corrected chi connectivity index (χ0v) is 16.8. The summed E-state index contributed by atoms with van der Waals surface area (Å²) in [5.74, 6) is 1.13. The number of ether oxygens (including phenoxy) is 3. The van der Waals surface area contributed by atoms with Gasteiger partial charge in [-0.25, -0.2) is 4.79 Å². The number of nitrogens with one attached hydrogen (secondary N) is 2. The number of amides is 1. The quantitative estimate of drug-likeness (QED) is 0.574. The van der Waals surface area contributed by atoms with Crippen molar-refractivity contribution in [3.05, 3.63) is 58.0 Å². The van der Waals surface area contributed by atoms with Gasteiger partial charge in [-0.2, -0.15) is 0 Å². The predicted octanol–water partition coefficient (Wildman–Crippen LogP) is 1.97. The van der Waals surface area contributed by atoms with Gasteiger partial charge in [0.05, 0.1) is 38.4 Å². The SMILES string of the molecule is COCCn1c(=O)[nH]c2cc(C(=O)NCCc3ccc(OC)c(OC)c3)ccc21. The molecule has 29 heavy (non-hydrogen) atoms. The third-order valence-corrected chi connectivity index (χ3v) is 4.70. The molecule has 0 spiro atoms. The highest BCUT2D eigenvalue weighted by atomic mass is 16.5. The van der Waals surface area contributed by atoms with Crippen LogP contribution in [0.15, 0.2) is 41.2 Å². The summed E-state index contributed by atoms with van der Waals surface area (Å²) < 4.78 is 17.2. The van der Waals surface area contributed by atoms with Gasteiger partial charge < -0.3 is 24.5 Å². The molecule has 0 aliphatic carbocycles. The van der Waals surface area contributed by atoms with Gasteiger partial charge in [-0.15, -0.1) is 0 Å². The van der Waals surface area contributed by atoms with Crippen molar-refractivity contribution in [2.75, 3.05) is 34.5 Å². The van der Waals surface area contributed by atoms with Crippen molar-refractivity contribution in [1.82, 2.24) is 14.9 Å². The first kappa shape index (κ1) is 20.5. The highest BCUT2D eigenvalue weighted by Gasteiger charge is 2.11. The van der Waals surface area contributed by atoms with E-state index in [9.17, 15) is 9.59 Å². The van der Waals surface area contributed by atoms with Crippen molar-refractivity contribution in [1.29, 1.82) is 0 Å². The molecule has 0 saturated carbocycles. The van der Waals surface area contributed by atoms with Crippen molar-refractivity contribution in [2.45, 2.75) is 13.0 Å². The van der Waals surface area contributed by atoms with E-state index < -0.39 is 0 Å². The van der Waals surface area contributed by atoms with Crippen molar-refractivity contribution in [3.8, 4) is 11.5 Å². The van der Waals surface area contributed by atoms with Gasteiger partial charge in [-0.1, -0.05) is 6.07 Å². The molecule has 0 aliphatic heterocycles. The van der Waals surface area contributed by atoms with Gasteiger partial charge in [0.25, 0.3) is 5.91 Å². The lowest BCUT2D eigenvalue weighted by Crippen LogP contribution is -2.25. The Hall–Kier alpha value is -3.26. The Bertz CT molecular complexity index is 1050. The first-order valence-corrected chi connectivity index (χ1v) is 9.28. The predicted molar refractivity (Wildman–Crippen MR) is 110 cm³/mol. The van der Waals surface area contributed by atoms with E-state index in [1.165, 1.54) is 0 Å². The highest BCUT2D eigenvalue weighted by Crippen LogP contribution is 2.27. The van der Waals surface area contributed by atoms with Crippen molar-refractivity contribution < 1.29 is 19.0 Å². The first-order chi connectivity index (χ1) is 14.1. The molecule has 1 heterocycles. The second-order valence-corrected chi connectivity index (χ2v) is 6.50. The second kappa shape index (κ2) is 9.29. The monoisotopic (exact) mass is 399 g/mol. The number of methoxy groups -OCH3 is 3. The summed E-state index contributed by atoms with van der Waals surface area (Å²) in [6, 6.07) is 10.8. The Morgan fingerprint density at radius 3 is 2.59 bits per heavy atom. The fourth-order valence-corrected chi connectivity index (χ4v) is 3.17. The Labute approximate surface area is 168 Å². The minimum atomic E-state index is -0.219. The normalized spacial score (nSPS) is 10.9. The van der Waals surface area contributed by atoms with E-state index in [2.05, 4.69) is 10.3 Å². The molecule has 0 unspecified atom stereocenters. The van der Waals surface area contributed by atoms with Crippen LogP contribution in [0.3, 0.4) is 0 Å². The number of fused-ring (bicyclic) bond motifs is 1. The number of imidazole rings is 1. The lowest BCUT2D eigenvalue weighted by molar-refractivity contribution is 0.0954. The molecule has 1 amide bonds. The van der Waals surface area contributed by atoms with Gasteiger partial charge in [-0.05, 0) is 42.3 Å². The van der Waals surface area contributed by atoms with Gasteiger partial charge in [-0.3, -0.25) is 9.36 Å². The zero-order chi connectivity index (χ0) is 20.8. The van der Waals surface area contributed by atoms with Crippen molar-refractivity contribution >= 4 is 16.9 Å². The largest absolute Gasteiger partial charge is 0.493 e. The molecule has 3 rings (SSSR count). The smallest absolute Gasteiger partial charge is 0.326 e. The molecule has 0 saturated heterocycles. The average Bonchev–Trinajstić information content (AvgIpc) is 3.05. The summed E-state index contributed by atoms with van der Waals surface area (Å²) in [6.07, 6.45) is 0.651. The zero-order valence-electron chi connectivity index (χ0n) is 16.8. The van der Waals surface area contributed by atoms with Crippen LogP contribution in [0.4, 0.5) is 0 Å². The number of H-pyrrole nitrogens is 1. The molecule has 8 heteroatoms. The maximum atomic E-state index is 12.5. The number of benzene rings is 2.